The third-order valence-corrected chi connectivity index (χ3v) is 5.49. The van der Waals surface area contributed by atoms with E-state index in [4.69, 9.17) is 10.2 Å². The molecule has 0 saturated carbocycles. The van der Waals surface area contributed by atoms with Crippen molar-refractivity contribution in [2.75, 3.05) is 0 Å². The molecule has 0 saturated heterocycles. The van der Waals surface area contributed by atoms with Gasteiger partial charge in [-0.1, -0.05) is 129 Å². The van der Waals surface area contributed by atoms with E-state index in [2.05, 4.69) is 13.8 Å². The van der Waals surface area contributed by atoms with Crippen LogP contribution in [0.5, 0.6) is 0 Å². The van der Waals surface area contributed by atoms with Gasteiger partial charge in [-0.3, -0.25) is 9.59 Å². The molecule has 0 amide bonds. The van der Waals surface area contributed by atoms with Gasteiger partial charge in [0.05, 0.1) is 0 Å². The van der Waals surface area contributed by atoms with E-state index in [1.54, 1.807) is 0 Å². The van der Waals surface area contributed by atoms with Gasteiger partial charge in [-0.2, -0.15) is 0 Å². The van der Waals surface area contributed by atoms with E-state index in [1.165, 1.54) is 103 Å². The van der Waals surface area contributed by atoms with Crippen molar-refractivity contribution in [2.45, 2.75) is 155 Å². The first kappa shape index (κ1) is 40.0. The molecule has 0 unspecified atom stereocenters. The van der Waals surface area contributed by atoms with Crippen LogP contribution in [0.15, 0.2) is 0 Å². The van der Waals surface area contributed by atoms with E-state index in [1.807, 2.05) is 0 Å². The van der Waals surface area contributed by atoms with Crippen LogP contribution in [0.4, 0.5) is 0 Å². The van der Waals surface area contributed by atoms with Crippen LogP contribution in [0.3, 0.4) is 0 Å². The second kappa shape index (κ2) is 36.4. The normalized spacial score (nSPS) is 9.81. The minimum atomic E-state index is -0.659. The van der Waals surface area contributed by atoms with Crippen LogP contribution in [0, 0.1) is 0 Å². The Kier molecular flexibility index (Phi) is 45.4. The van der Waals surface area contributed by atoms with Gasteiger partial charge in [0.15, 0.2) is 0 Å². The van der Waals surface area contributed by atoms with Gasteiger partial charge < -0.3 is 10.2 Å². The van der Waals surface area contributed by atoms with Crippen molar-refractivity contribution in [1.29, 1.82) is 0 Å². The second-order valence-corrected chi connectivity index (χ2v) is 8.65. The topological polar surface area (TPSA) is 74.6 Å². The van der Waals surface area contributed by atoms with Gasteiger partial charge in [-0.25, -0.2) is 0 Å². The fraction of sp³-hybridized carbons (Fsp3) is 0.923. The third kappa shape index (κ3) is 44.5. The molecule has 0 aromatic heterocycles. The Labute approximate surface area is 239 Å². The monoisotopic (exact) mass is 656 g/mol. The van der Waals surface area contributed by atoms with Crippen LogP contribution >= 0.6 is 0 Å². The van der Waals surface area contributed by atoms with Crippen LogP contribution in [0.2, 0.25) is 0 Å². The summed E-state index contributed by atoms with van der Waals surface area (Å²) in [7, 11) is 0. The molecule has 0 radical (unpaired) electrons. The zero-order chi connectivity index (χ0) is 22.7. The summed E-state index contributed by atoms with van der Waals surface area (Å²) in [6, 6.07) is 0. The number of aliphatic carboxylic acids is 2. The van der Waals surface area contributed by atoms with Gasteiger partial charge in [-0.05, 0) is 12.8 Å². The Balaban J connectivity index is -0.000000232. The summed E-state index contributed by atoms with van der Waals surface area (Å²) in [5.41, 5.74) is 0. The van der Waals surface area contributed by atoms with E-state index >= 15 is 0 Å². The van der Waals surface area contributed by atoms with Crippen molar-refractivity contribution in [2.24, 2.45) is 0 Å². The molecule has 0 fully saturated rings. The quantitative estimate of drug-likeness (QED) is 0.0906. The third-order valence-electron chi connectivity index (χ3n) is 5.49. The molecule has 0 spiro atoms. The van der Waals surface area contributed by atoms with Crippen LogP contribution in [0.1, 0.15) is 155 Å². The summed E-state index contributed by atoms with van der Waals surface area (Å²) in [5.74, 6) is -1.32. The Morgan fingerprint density at radius 2 is 0.594 bits per heavy atom. The molecular formula is C26H52Cd2O4. The zero-order valence-corrected chi connectivity index (χ0v) is 29.8. The van der Waals surface area contributed by atoms with Crippen LogP contribution < -0.4 is 0 Å². The summed E-state index contributed by atoms with van der Waals surface area (Å²) in [6.07, 6.45) is 25.8. The maximum Gasteiger partial charge on any atom is 0.303 e. The van der Waals surface area contributed by atoms with Gasteiger partial charge in [0, 0.05) is 67.4 Å². The van der Waals surface area contributed by atoms with Gasteiger partial charge in [0.25, 0.3) is 0 Å². The average molecular weight is 654 g/mol. The smallest absolute Gasteiger partial charge is 0.303 e. The Hall–Kier alpha value is 0.784. The van der Waals surface area contributed by atoms with Crippen LogP contribution in [0.25, 0.3) is 0 Å². The van der Waals surface area contributed by atoms with Crippen molar-refractivity contribution in [3.63, 3.8) is 0 Å². The minimum absolute atomic E-state index is 0. The van der Waals surface area contributed by atoms with Crippen molar-refractivity contribution in [3.8, 4) is 0 Å². The molecule has 0 bridgehead atoms. The standard InChI is InChI=1S/C14H28O2.C12H24O2.2Cd/c1-2-3-4-5-6-7-8-9-10-11-12-13-14(15)16;1-2-3-4-5-6-7-8-9-10-11-12(13)14;;/h2-13H2,1H3,(H,15,16);2-11H2,1H3,(H,13,14);;. The molecule has 184 valence electrons. The van der Waals surface area contributed by atoms with Crippen molar-refractivity contribution < 1.29 is 74.4 Å². The molecule has 6 heteroatoms. The van der Waals surface area contributed by atoms with Crippen molar-refractivity contribution in [1.82, 2.24) is 0 Å². The molecule has 0 rings (SSSR count). The zero-order valence-electron chi connectivity index (χ0n) is 21.7. The molecule has 32 heavy (non-hydrogen) atoms. The number of unbranched alkanes of at least 4 members (excludes halogenated alkanes) is 18. The molecule has 0 aromatic carbocycles. The SMILES string of the molecule is CCCCCCCCCCCC(=O)O.CCCCCCCCCCCCCC(=O)O.[Cd].[Cd]. The molecule has 0 atom stereocenters. The summed E-state index contributed by atoms with van der Waals surface area (Å²) >= 11 is 0. The van der Waals surface area contributed by atoms with Crippen LogP contribution in [-0.2, 0) is 64.2 Å². The summed E-state index contributed by atoms with van der Waals surface area (Å²) in [4.78, 5) is 20.5. The van der Waals surface area contributed by atoms with E-state index in [-0.39, 0.29) is 54.6 Å². The van der Waals surface area contributed by atoms with E-state index in [0.717, 1.165) is 25.7 Å². The molecule has 0 aliphatic carbocycles. The Morgan fingerprint density at radius 1 is 0.406 bits per heavy atom. The fourth-order valence-corrected chi connectivity index (χ4v) is 3.53. The van der Waals surface area contributed by atoms with Crippen LogP contribution in [-0.4, -0.2) is 22.2 Å². The number of hydrogen-bond donors (Lipinski definition) is 2. The molecule has 4 nitrogen and oxygen atoms in total. The first-order valence-corrected chi connectivity index (χ1v) is 13.0. The molecule has 2 N–H and O–H groups in total. The average Bonchev–Trinajstić information content (AvgIpc) is 2.71. The van der Waals surface area contributed by atoms with Gasteiger partial charge in [0.1, 0.15) is 0 Å². The van der Waals surface area contributed by atoms with Gasteiger partial charge in [0.2, 0.25) is 0 Å². The predicted molar refractivity (Wildman–Crippen MR) is 128 cm³/mol. The Morgan fingerprint density at radius 3 is 0.781 bits per heavy atom. The first-order chi connectivity index (χ1) is 14.5. The summed E-state index contributed by atoms with van der Waals surface area (Å²) < 4.78 is 0. The largest absolute Gasteiger partial charge is 0.481 e. The molecule has 0 aliphatic rings. The summed E-state index contributed by atoms with van der Waals surface area (Å²) in [5, 5.41) is 16.9. The number of rotatable bonds is 22. The number of hydrogen-bond acceptors (Lipinski definition) is 2. The molecular weight excluding hydrogens is 601 g/mol. The second-order valence-electron chi connectivity index (χ2n) is 8.65. The number of carboxylic acid groups (broad SMARTS) is 2. The number of carbonyl (C=O) groups is 2. The maximum absolute atomic E-state index is 10.3. The number of carboxylic acids is 2. The van der Waals surface area contributed by atoms with Crippen molar-refractivity contribution >= 4 is 11.9 Å². The molecule has 0 heterocycles. The molecule has 0 aromatic rings. The summed E-state index contributed by atoms with van der Waals surface area (Å²) in [6.45, 7) is 4.48. The minimum Gasteiger partial charge on any atom is -0.481 e. The predicted octanol–water partition coefficient (Wildman–Crippen LogP) is 8.76. The maximum atomic E-state index is 10.3. The molecule has 0 aliphatic heterocycles. The van der Waals surface area contributed by atoms with Gasteiger partial charge >= 0.3 is 11.9 Å². The first-order valence-electron chi connectivity index (χ1n) is 13.0. The van der Waals surface area contributed by atoms with Gasteiger partial charge in [-0.15, -0.1) is 0 Å². The van der Waals surface area contributed by atoms with Crippen molar-refractivity contribution in [3.05, 3.63) is 0 Å². The van der Waals surface area contributed by atoms with E-state index in [0.29, 0.717) is 12.8 Å². The van der Waals surface area contributed by atoms with E-state index in [9.17, 15) is 9.59 Å². The Bertz CT molecular complexity index is 366. The fourth-order valence-electron chi connectivity index (χ4n) is 3.53. The van der Waals surface area contributed by atoms with E-state index < -0.39 is 11.9 Å².